The molecule has 2 rings (SSSR count). The molecule has 0 saturated carbocycles. The van der Waals surface area contributed by atoms with Gasteiger partial charge in [0.1, 0.15) is 0 Å². The number of halogens is 1. The van der Waals surface area contributed by atoms with Crippen molar-refractivity contribution < 1.29 is 4.79 Å². The highest BCUT2D eigenvalue weighted by Gasteiger charge is 2.23. The Labute approximate surface area is 118 Å². The molecule has 1 aromatic carbocycles. The Morgan fingerprint density at radius 1 is 1.42 bits per heavy atom. The molecule has 0 radical (unpaired) electrons. The lowest BCUT2D eigenvalue weighted by Gasteiger charge is -2.32. The average molecular weight is 282 g/mol. The van der Waals surface area contributed by atoms with Crippen LogP contribution >= 0.6 is 11.6 Å². The molecule has 2 amide bonds. The summed E-state index contributed by atoms with van der Waals surface area (Å²) >= 11 is 5.82. The summed E-state index contributed by atoms with van der Waals surface area (Å²) in [6.45, 7) is 2.31. The topological polar surface area (TPSA) is 58.4 Å². The Hall–Kier alpha value is -1.26. The quantitative estimate of drug-likeness (QED) is 0.895. The maximum absolute atomic E-state index is 12.2. The monoisotopic (exact) mass is 281 g/mol. The Morgan fingerprint density at radius 3 is 2.84 bits per heavy atom. The normalized spacial score (nSPS) is 19.3. The second-order valence-corrected chi connectivity index (χ2v) is 5.41. The molecule has 0 aromatic heterocycles. The lowest BCUT2D eigenvalue weighted by Crippen LogP contribution is -2.42. The largest absolute Gasteiger partial charge is 0.330 e. The number of likely N-dealkylation sites (tertiary alicyclic amines) is 1. The predicted octanol–water partition coefficient (Wildman–Crippen LogP) is 2.93. The minimum absolute atomic E-state index is 0.0379. The number of hydrogen-bond donors (Lipinski definition) is 2. The van der Waals surface area contributed by atoms with E-state index in [9.17, 15) is 4.79 Å². The summed E-state index contributed by atoms with van der Waals surface area (Å²) in [5.41, 5.74) is 6.36. The number of nitrogens with two attached hydrogens (primary N) is 1. The first-order valence-electron chi connectivity index (χ1n) is 6.70. The number of carbonyl (C=O) groups excluding carboxylic acids is 1. The van der Waals surface area contributed by atoms with Gasteiger partial charge in [-0.2, -0.15) is 0 Å². The SMILES string of the molecule is NCCC1CCCN(C(=O)Nc2ccc(Cl)cc2)C1. The van der Waals surface area contributed by atoms with Gasteiger partial charge in [-0.05, 0) is 56.0 Å². The fourth-order valence-electron chi connectivity index (χ4n) is 2.46. The summed E-state index contributed by atoms with van der Waals surface area (Å²) in [5, 5.41) is 3.56. The van der Waals surface area contributed by atoms with Crippen LogP contribution in [0.3, 0.4) is 0 Å². The number of anilines is 1. The minimum Gasteiger partial charge on any atom is -0.330 e. The van der Waals surface area contributed by atoms with Crippen LogP contribution in [0.15, 0.2) is 24.3 Å². The number of nitrogens with zero attached hydrogens (tertiary/aromatic N) is 1. The van der Waals surface area contributed by atoms with Crippen LogP contribution in [0.25, 0.3) is 0 Å². The summed E-state index contributed by atoms with van der Waals surface area (Å²) < 4.78 is 0. The highest BCUT2D eigenvalue weighted by atomic mass is 35.5. The van der Waals surface area contributed by atoms with Crippen LogP contribution in [0.2, 0.25) is 5.02 Å². The van der Waals surface area contributed by atoms with Crippen LogP contribution in [0.5, 0.6) is 0 Å². The van der Waals surface area contributed by atoms with Gasteiger partial charge >= 0.3 is 6.03 Å². The highest BCUT2D eigenvalue weighted by molar-refractivity contribution is 6.30. The molecule has 1 heterocycles. The lowest BCUT2D eigenvalue weighted by atomic mass is 9.95. The number of nitrogens with one attached hydrogen (secondary N) is 1. The van der Waals surface area contributed by atoms with E-state index in [2.05, 4.69) is 5.32 Å². The van der Waals surface area contributed by atoms with Crippen molar-refractivity contribution in [3.63, 3.8) is 0 Å². The first kappa shape index (κ1) is 14.2. The van der Waals surface area contributed by atoms with Crippen molar-refractivity contribution in [2.45, 2.75) is 19.3 Å². The highest BCUT2D eigenvalue weighted by Crippen LogP contribution is 2.20. The Balaban J connectivity index is 1.90. The molecule has 3 N–H and O–H groups in total. The van der Waals surface area contributed by atoms with E-state index in [1.807, 2.05) is 17.0 Å². The number of benzene rings is 1. The molecule has 1 atom stereocenters. The third kappa shape index (κ3) is 4.11. The zero-order chi connectivity index (χ0) is 13.7. The molecule has 1 unspecified atom stereocenters. The maximum atomic E-state index is 12.2. The molecular weight excluding hydrogens is 262 g/mol. The first-order chi connectivity index (χ1) is 9.19. The number of piperidine rings is 1. The van der Waals surface area contributed by atoms with E-state index < -0.39 is 0 Å². The smallest absolute Gasteiger partial charge is 0.321 e. The number of rotatable bonds is 3. The van der Waals surface area contributed by atoms with E-state index in [0.717, 1.165) is 31.6 Å². The molecule has 19 heavy (non-hydrogen) atoms. The van der Waals surface area contributed by atoms with Crippen molar-refractivity contribution in [1.29, 1.82) is 0 Å². The minimum atomic E-state index is -0.0379. The van der Waals surface area contributed by atoms with Crippen LogP contribution in [-0.4, -0.2) is 30.6 Å². The van der Waals surface area contributed by atoms with Crippen molar-refractivity contribution in [2.75, 3.05) is 25.0 Å². The van der Waals surface area contributed by atoms with Crippen LogP contribution in [0.4, 0.5) is 10.5 Å². The van der Waals surface area contributed by atoms with Crippen molar-refractivity contribution in [1.82, 2.24) is 4.90 Å². The average Bonchev–Trinajstić information content (AvgIpc) is 2.42. The van der Waals surface area contributed by atoms with Gasteiger partial charge in [0.2, 0.25) is 0 Å². The van der Waals surface area contributed by atoms with Crippen LogP contribution in [-0.2, 0) is 0 Å². The van der Waals surface area contributed by atoms with Gasteiger partial charge in [0.25, 0.3) is 0 Å². The molecule has 5 heteroatoms. The van der Waals surface area contributed by atoms with Crippen molar-refractivity contribution >= 4 is 23.3 Å². The van der Waals surface area contributed by atoms with E-state index in [1.165, 1.54) is 6.42 Å². The maximum Gasteiger partial charge on any atom is 0.321 e. The molecule has 1 saturated heterocycles. The van der Waals surface area contributed by atoms with E-state index in [0.29, 0.717) is 17.5 Å². The van der Waals surface area contributed by atoms with Gasteiger partial charge in [-0.15, -0.1) is 0 Å². The molecule has 4 nitrogen and oxygen atoms in total. The Morgan fingerprint density at radius 2 is 2.16 bits per heavy atom. The fourth-order valence-corrected chi connectivity index (χ4v) is 2.58. The standard InChI is InChI=1S/C14H20ClN3O/c15-12-3-5-13(6-4-12)17-14(19)18-9-1-2-11(10-18)7-8-16/h3-6,11H,1-2,7-10,16H2,(H,17,19). The van der Waals surface area contributed by atoms with E-state index >= 15 is 0 Å². The van der Waals surface area contributed by atoms with E-state index in [-0.39, 0.29) is 6.03 Å². The summed E-state index contributed by atoms with van der Waals surface area (Å²) in [5.74, 6) is 0.537. The summed E-state index contributed by atoms with van der Waals surface area (Å²) in [6, 6.07) is 7.11. The lowest BCUT2D eigenvalue weighted by molar-refractivity contribution is 0.175. The number of carbonyl (C=O) groups is 1. The van der Waals surface area contributed by atoms with E-state index in [4.69, 9.17) is 17.3 Å². The Kier molecular flexibility index (Phi) is 5.05. The summed E-state index contributed by atoms with van der Waals surface area (Å²) in [6.07, 6.45) is 3.21. The number of urea groups is 1. The zero-order valence-corrected chi connectivity index (χ0v) is 11.7. The van der Waals surface area contributed by atoms with Crippen molar-refractivity contribution in [3.8, 4) is 0 Å². The summed E-state index contributed by atoms with van der Waals surface area (Å²) in [4.78, 5) is 14.0. The number of hydrogen-bond acceptors (Lipinski definition) is 2. The summed E-state index contributed by atoms with van der Waals surface area (Å²) in [7, 11) is 0. The molecule has 0 bridgehead atoms. The second kappa shape index (κ2) is 6.78. The van der Waals surface area contributed by atoms with Gasteiger partial charge in [-0.25, -0.2) is 4.79 Å². The fraction of sp³-hybridized carbons (Fsp3) is 0.500. The molecule has 1 fully saturated rings. The van der Waals surface area contributed by atoms with Gasteiger partial charge in [0.05, 0.1) is 0 Å². The van der Waals surface area contributed by atoms with Gasteiger partial charge in [0, 0.05) is 23.8 Å². The molecule has 1 aliphatic rings. The third-order valence-corrected chi connectivity index (χ3v) is 3.73. The third-order valence-electron chi connectivity index (χ3n) is 3.48. The Bertz CT molecular complexity index is 419. The van der Waals surface area contributed by atoms with Crippen LogP contribution < -0.4 is 11.1 Å². The number of amides is 2. The van der Waals surface area contributed by atoms with Crippen molar-refractivity contribution in [3.05, 3.63) is 29.3 Å². The van der Waals surface area contributed by atoms with E-state index in [1.54, 1.807) is 12.1 Å². The molecular formula is C14H20ClN3O. The van der Waals surface area contributed by atoms with Crippen LogP contribution in [0, 0.1) is 5.92 Å². The molecule has 104 valence electrons. The van der Waals surface area contributed by atoms with Gasteiger partial charge in [-0.1, -0.05) is 11.6 Å². The zero-order valence-electron chi connectivity index (χ0n) is 10.9. The van der Waals surface area contributed by atoms with Gasteiger partial charge in [0.15, 0.2) is 0 Å². The second-order valence-electron chi connectivity index (χ2n) is 4.97. The van der Waals surface area contributed by atoms with Gasteiger partial charge < -0.3 is 16.0 Å². The molecule has 0 spiro atoms. The van der Waals surface area contributed by atoms with Gasteiger partial charge in [-0.3, -0.25) is 0 Å². The molecule has 0 aliphatic carbocycles. The molecule has 1 aromatic rings. The molecule has 1 aliphatic heterocycles. The van der Waals surface area contributed by atoms with Crippen LogP contribution in [0.1, 0.15) is 19.3 Å². The van der Waals surface area contributed by atoms with Crippen molar-refractivity contribution in [2.24, 2.45) is 11.7 Å². The first-order valence-corrected chi connectivity index (χ1v) is 7.08. The predicted molar refractivity (Wildman–Crippen MR) is 78.4 cm³/mol.